The molecule has 3 heteroatoms. The van der Waals surface area contributed by atoms with Crippen LogP contribution in [0.5, 0.6) is 0 Å². The fourth-order valence-electron chi connectivity index (χ4n) is 0.639. The molecule has 0 radical (unpaired) electrons. The second-order valence-corrected chi connectivity index (χ2v) is 3.32. The van der Waals surface area contributed by atoms with E-state index in [0.717, 1.165) is 4.88 Å². The Morgan fingerprint density at radius 2 is 2.55 bits per heavy atom. The van der Waals surface area contributed by atoms with Crippen LogP contribution in [0.25, 0.3) is 0 Å². The van der Waals surface area contributed by atoms with Crippen LogP contribution in [0, 0.1) is 0 Å². The third-order valence-corrected chi connectivity index (χ3v) is 2.07. The lowest BCUT2D eigenvalue weighted by Gasteiger charge is -1.93. The van der Waals surface area contributed by atoms with Crippen LogP contribution in [-0.4, -0.2) is 10.8 Å². The van der Waals surface area contributed by atoms with Gasteiger partial charge in [-0.1, -0.05) is 6.58 Å². The smallest absolute Gasteiger partial charge is 0.163 e. The van der Waals surface area contributed by atoms with Gasteiger partial charge in [0, 0.05) is 17.5 Å². The van der Waals surface area contributed by atoms with Crippen molar-refractivity contribution in [2.45, 2.75) is 13.3 Å². The molecule has 0 aliphatic heterocycles. The second kappa shape index (κ2) is 3.44. The lowest BCUT2D eigenvalue weighted by molar-refractivity contribution is -0.114. The van der Waals surface area contributed by atoms with Crippen LogP contribution < -0.4 is 0 Å². The summed E-state index contributed by atoms with van der Waals surface area (Å²) < 4.78 is 0. The minimum Gasteiger partial charge on any atom is -0.294 e. The number of Topliss-reactive ketones (excluding diaryl/α,β-unsaturated/α-hetero) is 1. The molecule has 2 nitrogen and oxygen atoms in total. The molecule has 0 amide bonds. The highest BCUT2D eigenvalue weighted by molar-refractivity contribution is 7.09. The summed E-state index contributed by atoms with van der Waals surface area (Å²) in [4.78, 5) is 16.0. The third kappa shape index (κ3) is 2.27. The standard InChI is InChI=1S/C8H9NOS/c1-6(2)8(10)3-7-4-9-5-11-7/h4-5H,1,3H2,2H3. The van der Waals surface area contributed by atoms with E-state index in [1.807, 2.05) is 0 Å². The first-order valence-electron chi connectivity index (χ1n) is 3.26. The van der Waals surface area contributed by atoms with Gasteiger partial charge in [0.25, 0.3) is 0 Å². The molecule has 0 fully saturated rings. The quantitative estimate of drug-likeness (QED) is 0.643. The second-order valence-electron chi connectivity index (χ2n) is 2.35. The first kappa shape index (κ1) is 8.14. The molecule has 58 valence electrons. The predicted octanol–water partition coefficient (Wildman–Crippen LogP) is 1.83. The first-order valence-corrected chi connectivity index (χ1v) is 4.14. The van der Waals surface area contributed by atoms with Gasteiger partial charge in [0.2, 0.25) is 0 Å². The highest BCUT2D eigenvalue weighted by atomic mass is 32.1. The molecule has 0 saturated heterocycles. The first-order chi connectivity index (χ1) is 5.20. The lowest BCUT2D eigenvalue weighted by Crippen LogP contribution is -2.00. The van der Waals surface area contributed by atoms with Crippen LogP contribution >= 0.6 is 11.3 Å². The van der Waals surface area contributed by atoms with E-state index in [9.17, 15) is 4.79 Å². The zero-order chi connectivity index (χ0) is 8.27. The number of carbonyl (C=O) groups is 1. The molecular weight excluding hydrogens is 158 g/mol. The molecule has 11 heavy (non-hydrogen) atoms. The van der Waals surface area contributed by atoms with E-state index in [-0.39, 0.29) is 5.78 Å². The Balaban J connectivity index is 2.57. The number of ketones is 1. The average Bonchev–Trinajstić information content (AvgIpc) is 2.39. The van der Waals surface area contributed by atoms with Crippen LogP contribution in [0.4, 0.5) is 0 Å². The molecule has 0 saturated carbocycles. The number of nitrogens with zero attached hydrogens (tertiary/aromatic N) is 1. The van der Waals surface area contributed by atoms with Crippen LogP contribution in [0.15, 0.2) is 23.9 Å². The maximum absolute atomic E-state index is 11.1. The van der Waals surface area contributed by atoms with Gasteiger partial charge < -0.3 is 0 Å². The minimum absolute atomic E-state index is 0.0919. The van der Waals surface area contributed by atoms with Crippen molar-refractivity contribution in [1.29, 1.82) is 0 Å². The Labute approximate surface area is 69.6 Å². The van der Waals surface area contributed by atoms with Crippen LogP contribution in [0.2, 0.25) is 0 Å². The van der Waals surface area contributed by atoms with Gasteiger partial charge in [-0.15, -0.1) is 11.3 Å². The van der Waals surface area contributed by atoms with Crippen molar-refractivity contribution in [3.63, 3.8) is 0 Å². The van der Waals surface area contributed by atoms with E-state index < -0.39 is 0 Å². The van der Waals surface area contributed by atoms with E-state index in [1.165, 1.54) is 11.3 Å². The van der Waals surface area contributed by atoms with E-state index in [2.05, 4.69) is 11.6 Å². The largest absolute Gasteiger partial charge is 0.294 e. The van der Waals surface area contributed by atoms with Gasteiger partial charge in [0.05, 0.1) is 5.51 Å². The number of hydrogen-bond donors (Lipinski definition) is 0. The maximum atomic E-state index is 11.1. The SMILES string of the molecule is C=C(C)C(=O)Cc1cncs1. The fraction of sp³-hybridized carbons (Fsp3) is 0.250. The molecule has 1 aromatic heterocycles. The van der Waals surface area contributed by atoms with E-state index in [4.69, 9.17) is 0 Å². The van der Waals surface area contributed by atoms with Crippen molar-refractivity contribution in [2.75, 3.05) is 0 Å². The minimum atomic E-state index is 0.0919. The van der Waals surface area contributed by atoms with Gasteiger partial charge in [-0.3, -0.25) is 9.78 Å². The number of thiazole rings is 1. The Kier molecular flexibility index (Phi) is 2.54. The van der Waals surface area contributed by atoms with Crippen molar-refractivity contribution in [3.05, 3.63) is 28.7 Å². The number of allylic oxidation sites excluding steroid dienone is 1. The summed E-state index contributed by atoms with van der Waals surface area (Å²) in [5.41, 5.74) is 2.33. The molecule has 0 aliphatic carbocycles. The average molecular weight is 167 g/mol. The van der Waals surface area contributed by atoms with E-state index in [0.29, 0.717) is 12.0 Å². The number of hydrogen-bond acceptors (Lipinski definition) is 3. The van der Waals surface area contributed by atoms with Gasteiger partial charge in [-0.25, -0.2) is 0 Å². The van der Waals surface area contributed by atoms with Crippen molar-refractivity contribution in [3.8, 4) is 0 Å². The highest BCUT2D eigenvalue weighted by Gasteiger charge is 2.04. The van der Waals surface area contributed by atoms with Crippen molar-refractivity contribution < 1.29 is 4.79 Å². The Morgan fingerprint density at radius 1 is 1.82 bits per heavy atom. The molecule has 0 N–H and O–H groups in total. The van der Waals surface area contributed by atoms with Crippen molar-refractivity contribution in [1.82, 2.24) is 4.98 Å². The molecule has 0 atom stereocenters. The van der Waals surface area contributed by atoms with E-state index in [1.54, 1.807) is 18.6 Å². The Hall–Kier alpha value is -0.960. The summed E-state index contributed by atoms with van der Waals surface area (Å²) in [6.07, 6.45) is 2.16. The van der Waals surface area contributed by atoms with Crippen LogP contribution in [0.1, 0.15) is 11.8 Å². The molecule has 1 heterocycles. The topological polar surface area (TPSA) is 30.0 Å². The molecule has 0 aromatic carbocycles. The van der Waals surface area contributed by atoms with Gasteiger partial charge in [-0.2, -0.15) is 0 Å². The Bertz CT molecular complexity index is 264. The molecule has 0 spiro atoms. The van der Waals surface area contributed by atoms with Gasteiger partial charge in [0.1, 0.15) is 0 Å². The van der Waals surface area contributed by atoms with Gasteiger partial charge in [0.15, 0.2) is 5.78 Å². The summed E-state index contributed by atoms with van der Waals surface area (Å²) in [6.45, 7) is 5.30. The molecule has 0 bridgehead atoms. The summed E-state index contributed by atoms with van der Waals surface area (Å²) in [6, 6.07) is 0. The summed E-state index contributed by atoms with van der Waals surface area (Å²) in [5.74, 6) is 0.0919. The summed E-state index contributed by atoms with van der Waals surface area (Å²) >= 11 is 1.50. The highest BCUT2D eigenvalue weighted by Crippen LogP contribution is 2.08. The number of aromatic nitrogens is 1. The predicted molar refractivity (Wildman–Crippen MR) is 45.6 cm³/mol. The zero-order valence-electron chi connectivity index (χ0n) is 6.33. The molecule has 0 aliphatic rings. The lowest BCUT2D eigenvalue weighted by atomic mass is 10.1. The number of rotatable bonds is 3. The normalized spacial score (nSPS) is 9.55. The summed E-state index contributed by atoms with van der Waals surface area (Å²) in [5, 5.41) is 0. The third-order valence-electron chi connectivity index (χ3n) is 1.29. The Morgan fingerprint density at radius 3 is 3.00 bits per heavy atom. The molecule has 1 aromatic rings. The fourth-order valence-corrected chi connectivity index (χ4v) is 1.23. The summed E-state index contributed by atoms with van der Waals surface area (Å²) in [7, 11) is 0. The van der Waals surface area contributed by atoms with Crippen molar-refractivity contribution >= 4 is 17.1 Å². The van der Waals surface area contributed by atoms with Crippen molar-refractivity contribution in [2.24, 2.45) is 0 Å². The molecule has 0 unspecified atom stereocenters. The zero-order valence-corrected chi connectivity index (χ0v) is 7.15. The van der Waals surface area contributed by atoms with Crippen LogP contribution in [0.3, 0.4) is 0 Å². The number of carbonyl (C=O) groups excluding carboxylic acids is 1. The van der Waals surface area contributed by atoms with E-state index >= 15 is 0 Å². The van der Waals surface area contributed by atoms with Crippen LogP contribution in [-0.2, 0) is 11.2 Å². The van der Waals surface area contributed by atoms with Gasteiger partial charge >= 0.3 is 0 Å². The molecule has 1 rings (SSSR count). The monoisotopic (exact) mass is 167 g/mol. The molecular formula is C8H9NOS. The maximum Gasteiger partial charge on any atom is 0.163 e. The van der Waals surface area contributed by atoms with Gasteiger partial charge in [-0.05, 0) is 12.5 Å².